The third-order valence-corrected chi connectivity index (χ3v) is 3.88. The van der Waals surface area contributed by atoms with E-state index in [2.05, 4.69) is 32.9 Å². The molecule has 0 aliphatic carbocycles. The molecule has 0 spiro atoms. The fraction of sp³-hybridized carbons (Fsp3) is 0.611. The Labute approximate surface area is 124 Å². The quantitative estimate of drug-likeness (QED) is 0.436. The second-order valence-electron chi connectivity index (χ2n) is 5.41. The summed E-state index contributed by atoms with van der Waals surface area (Å²) in [6.07, 6.45) is 10.8. The van der Waals surface area contributed by atoms with Gasteiger partial charge in [-0.1, -0.05) is 42.7 Å². The standard InChI is InChI=1S/C18H30O2/c1-6-14(3)10-8-12-17(7-2)13-9-11-15(4)16(5)18(19)20/h10,13H,6-9,11-12H2,1-5H3,(H,19,20). The van der Waals surface area contributed by atoms with Gasteiger partial charge in [-0.2, -0.15) is 0 Å². The average molecular weight is 278 g/mol. The topological polar surface area (TPSA) is 37.3 Å². The van der Waals surface area contributed by atoms with Gasteiger partial charge in [0.1, 0.15) is 0 Å². The Morgan fingerprint density at radius 1 is 0.950 bits per heavy atom. The van der Waals surface area contributed by atoms with Crippen LogP contribution < -0.4 is 0 Å². The molecule has 0 unspecified atom stereocenters. The first-order chi connectivity index (χ1) is 9.42. The van der Waals surface area contributed by atoms with Crippen molar-refractivity contribution < 1.29 is 9.90 Å². The van der Waals surface area contributed by atoms with Crippen molar-refractivity contribution in [1.82, 2.24) is 0 Å². The van der Waals surface area contributed by atoms with Crippen LogP contribution in [-0.2, 0) is 4.79 Å². The van der Waals surface area contributed by atoms with Crippen LogP contribution in [0, 0.1) is 0 Å². The molecule has 1 N–H and O–H groups in total. The summed E-state index contributed by atoms with van der Waals surface area (Å²) < 4.78 is 0. The molecule has 0 saturated heterocycles. The van der Waals surface area contributed by atoms with Crippen LogP contribution in [0.2, 0.25) is 0 Å². The summed E-state index contributed by atoms with van der Waals surface area (Å²) >= 11 is 0. The van der Waals surface area contributed by atoms with Gasteiger partial charge in [-0.05, 0) is 59.3 Å². The van der Waals surface area contributed by atoms with Crippen LogP contribution in [-0.4, -0.2) is 11.1 Å². The molecule has 0 amide bonds. The smallest absolute Gasteiger partial charge is 0.331 e. The molecule has 0 radical (unpaired) electrons. The number of allylic oxidation sites excluding steroid dienone is 5. The molecule has 0 fully saturated rings. The molecule has 0 aliphatic rings. The molecule has 0 bridgehead atoms. The average Bonchev–Trinajstić information content (AvgIpc) is 2.43. The molecule has 0 atom stereocenters. The van der Waals surface area contributed by atoms with Gasteiger partial charge in [-0.3, -0.25) is 0 Å². The minimum absolute atomic E-state index is 0.484. The highest BCUT2D eigenvalue weighted by molar-refractivity contribution is 5.86. The van der Waals surface area contributed by atoms with Gasteiger partial charge in [-0.25, -0.2) is 4.79 Å². The van der Waals surface area contributed by atoms with Crippen LogP contribution >= 0.6 is 0 Å². The van der Waals surface area contributed by atoms with Crippen molar-refractivity contribution in [2.75, 3.05) is 0 Å². The first-order valence-electron chi connectivity index (χ1n) is 7.65. The predicted octanol–water partition coefficient (Wildman–Crippen LogP) is 5.66. The predicted molar refractivity (Wildman–Crippen MR) is 86.9 cm³/mol. The zero-order valence-electron chi connectivity index (χ0n) is 13.8. The summed E-state index contributed by atoms with van der Waals surface area (Å²) in [5, 5.41) is 8.92. The molecule has 2 nitrogen and oxygen atoms in total. The number of hydrogen-bond acceptors (Lipinski definition) is 1. The van der Waals surface area contributed by atoms with Crippen molar-refractivity contribution in [3.8, 4) is 0 Å². The molecule has 0 saturated carbocycles. The molecule has 0 aromatic rings. The van der Waals surface area contributed by atoms with E-state index in [0.29, 0.717) is 5.57 Å². The second-order valence-corrected chi connectivity index (χ2v) is 5.41. The number of aliphatic carboxylic acids is 1. The highest BCUT2D eigenvalue weighted by Crippen LogP contribution is 2.16. The minimum Gasteiger partial charge on any atom is -0.478 e. The lowest BCUT2D eigenvalue weighted by atomic mass is 10.0. The minimum atomic E-state index is -0.803. The molecular weight excluding hydrogens is 248 g/mol. The number of rotatable bonds is 9. The van der Waals surface area contributed by atoms with Crippen LogP contribution in [0.3, 0.4) is 0 Å². The van der Waals surface area contributed by atoms with E-state index in [1.165, 1.54) is 11.1 Å². The Balaban J connectivity index is 4.34. The van der Waals surface area contributed by atoms with Gasteiger partial charge in [0, 0.05) is 5.57 Å². The lowest BCUT2D eigenvalue weighted by Gasteiger charge is -2.05. The van der Waals surface area contributed by atoms with Gasteiger partial charge < -0.3 is 5.11 Å². The van der Waals surface area contributed by atoms with Gasteiger partial charge >= 0.3 is 5.97 Å². The highest BCUT2D eigenvalue weighted by atomic mass is 16.4. The van der Waals surface area contributed by atoms with E-state index in [1.54, 1.807) is 6.92 Å². The maximum absolute atomic E-state index is 10.8. The van der Waals surface area contributed by atoms with Crippen molar-refractivity contribution in [2.24, 2.45) is 0 Å². The fourth-order valence-electron chi connectivity index (χ4n) is 1.93. The van der Waals surface area contributed by atoms with Gasteiger partial charge in [0.25, 0.3) is 0 Å². The molecule has 2 heteroatoms. The monoisotopic (exact) mass is 278 g/mol. The Kier molecular flexibility index (Phi) is 9.79. The molecule has 0 aromatic heterocycles. The van der Waals surface area contributed by atoms with Gasteiger partial charge in [0.2, 0.25) is 0 Å². The highest BCUT2D eigenvalue weighted by Gasteiger charge is 2.04. The van der Waals surface area contributed by atoms with Gasteiger partial charge in [0.15, 0.2) is 0 Å². The molecule has 0 rings (SSSR count). The summed E-state index contributed by atoms with van der Waals surface area (Å²) in [6, 6.07) is 0. The van der Waals surface area contributed by atoms with Crippen molar-refractivity contribution in [3.05, 3.63) is 34.4 Å². The summed E-state index contributed by atoms with van der Waals surface area (Å²) in [4.78, 5) is 10.8. The van der Waals surface area contributed by atoms with Crippen LogP contribution in [0.1, 0.15) is 73.1 Å². The van der Waals surface area contributed by atoms with E-state index in [4.69, 9.17) is 5.11 Å². The van der Waals surface area contributed by atoms with Crippen LogP contribution in [0.25, 0.3) is 0 Å². The number of hydrogen-bond donors (Lipinski definition) is 1. The van der Waals surface area contributed by atoms with E-state index in [-0.39, 0.29) is 0 Å². The van der Waals surface area contributed by atoms with E-state index in [1.807, 2.05) is 6.92 Å². The van der Waals surface area contributed by atoms with Gasteiger partial charge in [0.05, 0.1) is 0 Å². The molecule has 0 aliphatic heterocycles. The third kappa shape index (κ3) is 7.98. The first kappa shape index (κ1) is 18.7. The number of carbonyl (C=O) groups is 1. The normalized spacial score (nSPS) is 14.2. The summed E-state index contributed by atoms with van der Waals surface area (Å²) in [5.41, 5.74) is 4.39. The Hall–Kier alpha value is -1.31. The molecular formula is C18H30O2. The summed E-state index contributed by atoms with van der Waals surface area (Å²) in [7, 11) is 0. The largest absolute Gasteiger partial charge is 0.478 e. The Morgan fingerprint density at radius 2 is 1.55 bits per heavy atom. The van der Waals surface area contributed by atoms with Crippen molar-refractivity contribution in [3.63, 3.8) is 0 Å². The second kappa shape index (κ2) is 10.5. The summed E-state index contributed by atoms with van der Waals surface area (Å²) in [6.45, 7) is 10.1. The lowest BCUT2D eigenvalue weighted by Crippen LogP contribution is -1.99. The van der Waals surface area contributed by atoms with Crippen molar-refractivity contribution in [1.29, 1.82) is 0 Å². The maximum Gasteiger partial charge on any atom is 0.331 e. The van der Waals surface area contributed by atoms with Crippen LogP contribution in [0.4, 0.5) is 0 Å². The first-order valence-corrected chi connectivity index (χ1v) is 7.65. The van der Waals surface area contributed by atoms with Crippen molar-refractivity contribution in [2.45, 2.75) is 73.1 Å². The lowest BCUT2D eigenvalue weighted by molar-refractivity contribution is -0.132. The number of carboxylic acids is 1. The number of carboxylic acid groups (broad SMARTS) is 1. The van der Waals surface area contributed by atoms with Crippen LogP contribution in [0.15, 0.2) is 34.4 Å². The maximum atomic E-state index is 10.8. The zero-order chi connectivity index (χ0) is 15.5. The van der Waals surface area contributed by atoms with Crippen LogP contribution in [0.5, 0.6) is 0 Å². The fourth-order valence-corrected chi connectivity index (χ4v) is 1.93. The van der Waals surface area contributed by atoms with E-state index >= 15 is 0 Å². The van der Waals surface area contributed by atoms with E-state index in [0.717, 1.165) is 44.1 Å². The SMILES string of the molecule is CCC(C)=CCCC(=CCCC(C)=C(C)C(=O)O)CC. The van der Waals surface area contributed by atoms with Gasteiger partial charge in [-0.15, -0.1) is 0 Å². The Bertz CT molecular complexity index is 398. The summed E-state index contributed by atoms with van der Waals surface area (Å²) in [5.74, 6) is -0.803. The Morgan fingerprint density at radius 3 is 2.05 bits per heavy atom. The molecule has 20 heavy (non-hydrogen) atoms. The molecule has 114 valence electrons. The molecule has 0 heterocycles. The zero-order valence-corrected chi connectivity index (χ0v) is 13.8. The molecule has 0 aromatic carbocycles. The van der Waals surface area contributed by atoms with E-state index in [9.17, 15) is 4.79 Å². The third-order valence-electron chi connectivity index (χ3n) is 3.88. The van der Waals surface area contributed by atoms with Crippen molar-refractivity contribution >= 4 is 5.97 Å². The van der Waals surface area contributed by atoms with E-state index < -0.39 is 5.97 Å².